The van der Waals surface area contributed by atoms with E-state index in [4.69, 9.17) is 18.9 Å². The number of rotatable bonds is 5. The van der Waals surface area contributed by atoms with Gasteiger partial charge in [0.25, 0.3) is 0 Å². The van der Waals surface area contributed by atoms with Crippen LogP contribution in [0.4, 0.5) is 0 Å². The number of hydrogen-bond donors (Lipinski definition) is 1. The maximum absolute atomic E-state index is 9.72. The van der Waals surface area contributed by atoms with Crippen LogP contribution >= 0.6 is 0 Å². The molecule has 0 aromatic rings. The summed E-state index contributed by atoms with van der Waals surface area (Å²) in [6, 6.07) is 0. The standard InChI is InChI=1S/C14H26O5/c1-6-9-10(16-8-7-13(2,3)15)11-12(17-9)19-14(4,5)18-11/h9-12,15H,6-8H2,1-5H3. The van der Waals surface area contributed by atoms with Crippen LogP contribution in [0.1, 0.15) is 47.5 Å². The van der Waals surface area contributed by atoms with E-state index in [1.807, 2.05) is 13.8 Å². The molecule has 0 aromatic carbocycles. The number of fused-ring (bicyclic) bond motifs is 1. The summed E-state index contributed by atoms with van der Waals surface area (Å²) in [6.07, 6.45) is 0.787. The number of ether oxygens (including phenoxy) is 4. The summed E-state index contributed by atoms with van der Waals surface area (Å²) < 4.78 is 23.3. The molecule has 2 heterocycles. The molecule has 5 heteroatoms. The predicted octanol–water partition coefficient (Wildman–Crippen LogP) is 1.82. The van der Waals surface area contributed by atoms with Gasteiger partial charge in [0.15, 0.2) is 12.1 Å². The first kappa shape index (κ1) is 15.2. The van der Waals surface area contributed by atoms with E-state index >= 15 is 0 Å². The van der Waals surface area contributed by atoms with Crippen molar-refractivity contribution in [2.24, 2.45) is 0 Å². The van der Waals surface area contributed by atoms with Gasteiger partial charge in [0.2, 0.25) is 0 Å². The topological polar surface area (TPSA) is 57.2 Å². The summed E-state index contributed by atoms with van der Waals surface area (Å²) in [4.78, 5) is 0. The molecule has 112 valence electrons. The van der Waals surface area contributed by atoms with Gasteiger partial charge in [-0.25, -0.2) is 0 Å². The van der Waals surface area contributed by atoms with Crippen molar-refractivity contribution >= 4 is 0 Å². The Kier molecular flexibility index (Phi) is 4.23. The average molecular weight is 274 g/mol. The second kappa shape index (κ2) is 5.30. The fourth-order valence-corrected chi connectivity index (χ4v) is 2.52. The second-order valence-electron chi connectivity index (χ2n) is 6.45. The van der Waals surface area contributed by atoms with E-state index in [0.29, 0.717) is 13.0 Å². The highest BCUT2D eigenvalue weighted by atomic mass is 16.8. The molecule has 2 saturated heterocycles. The summed E-state index contributed by atoms with van der Waals surface area (Å²) in [5.41, 5.74) is -0.715. The fraction of sp³-hybridized carbons (Fsp3) is 1.00. The Morgan fingerprint density at radius 3 is 2.53 bits per heavy atom. The molecule has 19 heavy (non-hydrogen) atoms. The molecule has 0 aromatic heterocycles. The van der Waals surface area contributed by atoms with E-state index < -0.39 is 11.4 Å². The Hall–Kier alpha value is -0.200. The summed E-state index contributed by atoms with van der Waals surface area (Å²) >= 11 is 0. The molecular weight excluding hydrogens is 248 g/mol. The van der Waals surface area contributed by atoms with Crippen LogP contribution in [-0.2, 0) is 18.9 Å². The highest BCUT2D eigenvalue weighted by molar-refractivity contribution is 4.93. The van der Waals surface area contributed by atoms with Crippen LogP contribution in [-0.4, -0.2) is 47.7 Å². The van der Waals surface area contributed by atoms with E-state index in [0.717, 1.165) is 6.42 Å². The molecule has 5 nitrogen and oxygen atoms in total. The lowest BCUT2D eigenvalue weighted by atomic mass is 10.1. The van der Waals surface area contributed by atoms with Gasteiger partial charge in [-0.15, -0.1) is 0 Å². The molecule has 2 aliphatic heterocycles. The van der Waals surface area contributed by atoms with Gasteiger partial charge < -0.3 is 24.1 Å². The van der Waals surface area contributed by atoms with Crippen molar-refractivity contribution in [3.8, 4) is 0 Å². The lowest BCUT2D eigenvalue weighted by Crippen LogP contribution is -2.37. The normalized spacial score (nSPS) is 37.6. The van der Waals surface area contributed by atoms with Gasteiger partial charge in [0.05, 0.1) is 11.7 Å². The molecule has 0 aliphatic carbocycles. The van der Waals surface area contributed by atoms with Crippen molar-refractivity contribution in [3.05, 3.63) is 0 Å². The molecular formula is C14H26O5. The van der Waals surface area contributed by atoms with Crippen LogP contribution in [0.5, 0.6) is 0 Å². The highest BCUT2D eigenvalue weighted by Gasteiger charge is 2.54. The van der Waals surface area contributed by atoms with Crippen molar-refractivity contribution in [1.82, 2.24) is 0 Å². The zero-order chi connectivity index (χ0) is 14.3. The van der Waals surface area contributed by atoms with Gasteiger partial charge in [-0.3, -0.25) is 0 Å². The van der Waals surface area contributed by atoms with Crippen molar-refractivity contribution in [1.29, 1.82) is 0 Å². The molecule has 0 amide bonds. The largest absolute Gasteiger partial charge is 0.390 e. The lowest BCUT2D eigenvalue weighted by molar-refractivity contribution is -0.219. The molecule has 0 saturated carbocycles. The Morgan fingerprint density at radius 1 is 1.26 bits per heavy atom. The van der Waals surface area contributed by atoms with Gasteiger partial charge in [0, 0.05) is 6.61 Å². The minimum atomic E-state index is -0.715. The molecule has 1 N–H and O–H groups in total. The smallest absolute Gasteiger partial charge is 0.190 e. The predicted molar refractivity (Wildman–Crippen MR) is 69.6 cm³/mol. The van der Waals surface area contributed by atoms with Crippen molar-refractivity contribution in [2.75, 3.05) is 6.61 Å². The maximum Gasteiger partial charge on any atom is 0.190 e. The fourth-order valence-electron chi connectivity index (χ4n) is 2.52. The van der Waals surface area contributed by atoms with Gasteiger partial charge in [0.1, 0.15) is 12.2 Å². The first-order valence-corrected chi connectivity index (χ1v) is 7.07. The minimum Gasteiger partial charge on any atom is -0.390 e. The average Bonchev–Trinajstić information content (AvgIpc) is 2.70. The molecule has 2 aliphatic rings. The minimum absolute atomic E-state index is 0.00657. The van der Waals surface area contributed by atoms with Gasteiger partial charge in [-0.05, 0) is 40.5 Å². The Morgan fingerprint density at radius 2 is 1.95 bits per heavy atom. The van der Waals surface area contributed by atoms with E-state index in [2.05, 4.69) is 6.92 Å². The first-order valence-electron chi connectivity index (χ1n) is 7.07. The van der Waals surface area contributed by atoms with Gasteiger partial charge >= 0.3 is 0 Å². The third-order valence-corrected chi connectivity index (χ3v) is 3.51. The summed E-state index contributed by atoms with van der Waals surface area (Å²) in [5, 5.41) is 9.72. The van der Waals surface area contributed by atoms with E-state index in [1.54, 1.807) is 13.8 Å². The molecule has 4 atom stereocenters. The third-order valence-electron chi connectivity index (χ3n) is 3.51. The first-order chi connectivity index (χ1) is 8.72. The van der Waals surface area contributed by atoms with Crippen LogP contribution in [0.25, 0.3) is 0 Å². The highest BCUT2D eigenvalue weighted by Crippen LogP contribution is 2.39. The Bertz CT molecular complexity index is 309. The second-order valence-corrected chi connectivity index (χ2v) is 6.45. The number of hydrogen-bond acceptors (Lipinski definition) is 5. The van der Waals surface area contributed by atoms with Crippen LogP contribution < -0.4 is 0 Å². The third kappa shape index (κ3) is 3.67. The van der Waals surface area contributed by atoms with E-state index in [1.165, 1.54) is 0 Å². The van der Waals surface area contributed by atoms with Gasteiger partial charge in [-0.2, -0.15) is 0 Å². The van der Waals surface area contributed by atoms with Crippen LogP contribution in [0.2, 0.25) is 0 Å². The SMILES string of the molecule is CCC1OC2OC(C)(C)OC2C1OCCC(C)(C)O. The summed E-state index contributed by atoms with van der Waals surface area (Å²) in [7, 11) is 0. The summed E-state index contributed by atoms with van der Waals surface area (Å²) in [6.45, 7) is 9.86. The number of aliphatic hydroxyl groups is 1. The van der Waals surface area contributed by atoms with Crippen molar-refractivity contribution in [3.63, 3.8) is 0 Å². The zero-order valence-electron chi connectivity index (χ0n) is 12.5. The molecule has 2 fully saturated rings. The Labute approximate surface area is 115 Å². The molecule has 2 rings (SSSR count). The van der Waals surface area contributed by atoms with Crippen LogP contribution in [0.3, 0.4) is 0 Å². The van der Waals surface area contributed by atoms with Crippen molar-refractivity contribution in [2.45, 2.75) is 83.5 Å². The van der Waals surface area contributed by atoms with Gasteiger partial charge in [-0.1, -0.05) is 6.92 Å². The van der Waals surface area contributed by atoms with Crippen LogP contribution in [0.15, 0.2) is 0 Å². The monoisotopic (exact) mass is 274 g/mol. The molecule has 0 bridgehead atoms. The quantitative estimate of drug-likeness (QED) is 0.828. The van der Waals surface area contributed by atoms with Crippen molar-refractivity contribution < 1.29 is 24.1 Å². The molecule has 0 spiro atoms. The van der Waals surface area contributed by atoms with E-state index in [9.17, 15) is 5.11 Å². The van der Waals surface area contributed by atoms with Crippen LogP contribution in [0, 0.1) is 0 Å². The zero-order valence-corrected chi connectivity index (χ0v) is 12.5. The Balaban J connectivity index is 1.93. The molecule has 0 radical (unpaired) electrons. The lowest BCUT2D eigenvalue weighted by Gasteiger charge is -2.26. The van der Waals surface area contributed by atoms with E-state index in [-0.39, 0.29) is 24.6 Å². The molecule has 4 unspecified atom stereocenters. The summed E-state index contributed by atoms with van der Waals surface area (Å²) in [5.74, 6) is -0.619. The maximum atomic E-state index is 9.72.